The molecular formula is C17H18BrNO. The topological polar surface area (TPSA) is 29.1 Å². The second-order valence-corrected chi connectivity index (χ2v) is 5.90. The third kappa shape index (κ3) is 3.94. The van der Waals surface area contributed by atoms with Gasteiger partial charge in [0, 0.05) is 10.9 Å². The summed E-state index contributed by atoms with van der Waals surface area (Å²) in [5.41, 5.74) is 3.17. The molecule has 0 aliphatic rings. The monoisotopic (exact) mass is 331 g/mol. The largest absolute Gasteiger partial charge is 0.325 e. The molecule has 2 aromatic rings. The summed E-state index contributed by atoms with van der Waals surface area (Å²) in [6, 6.07) is 16.0. The van der Waals surface area contributed by atoms with Crippen LogP contribution in [0, 0.1) is 6.92 Å². The van der Waals surface area contributed by atoms with Crippen molar-refractivity contribution in [1.82, 2.24) is 0 Å². The molecule has 20 heavy (non-hydrogen) atoms. The Kier molecular flexibility index (Phi) is 4.96. The number of nitrogens with one attached hydrogen (secondary N) is 1. The number of aryl methyl sites for hydroxylation is 1. The Bertz CT molecular complexity index is 595. The van der Waals surface area contributed by atoms with Gasteiger partial charge in [-0.25, -0.2) is 0 Å². The minimum Gasteiger partial charge on any atom is -0.325 e. The molecule has 1 atom stereocenters. The smallest absolute Gasteiger partial charge is 0.225 e. The average Bonchev–Trinajstić information content (AvgIpc) is 2.43. The molecule has 0 spiro atoms. The number of carbonyl (C=O) groups excluding carboxylic acids is 1. The first-order chi connectivity index (χ1) is 9.56. The lowest BCUT2D eigenvalue weighted by atomic mass is 9.97. The van der Waals surface area contributed by atoms with Crippen LogP contribution >= 0.6 is 15.9 Å². The SMILES string of the molecule is Cc1ccc(NC(=O)CC(C)c2ccccc2)c(Br)c1. The fraction of sp³-hybridized carbons (Fsp3) is 0.235. The van der Waals surface area contributed by atoms with Crippen molar-refractivity contribution in [2.24, 2.45) is 0 Å². The number of hydrogen-bond donors (Lipinski definition) is 1. The van der Waals surface area contributed by atoms with Gasteiger partial charge in [0.15, 0.2) is 0 Å². The van der Waals surface area contributed by atoms with Gasteiger partial charge in [0.25, 0.3) is 0 Å². The minimum absolute atomic E-state index is 0.0332. The van der Waals surface area contributed by atoms with Gasteiger partial charge in [-0.15, -0.1) is 0 Å². The van der Waals surface area contributed by atoms with Crippen LogP contribution in [0.25, 0.3) is 0 Å². The standard InChI is InChI=1S/C17H18BrNO/c1-12-8-9-16(15(18)10-12)19-17(20)11-13(2)14-6-4-3-5-7-14/h3-10,13H,11H2,1-2H3,(H,19,20). The summed E-state index contributed by atoms with van der Waals surface area (Å²) < 4.78 is 0.915. The number of amides is 1. The van der Waals surface area contributed by atoms with Crippen molar-refractivity contribution >= 4 is 27.5 Å². The van der Waals surface area contributed by atoms with Gasteiger partial charge in [-0.1, -0.05) is 43.3 Å². The van der Waals surface area contributed by atoms with E-state index in [2.05, 4.69) is 40.3 Å². The van der Waals surface area contributed by atoms with Crippen molar-refractivity contribution in [3.63, 3.8) is 0 Å². The summed E-state index contributed by atoms with van der Waals surface area (Å²) in [6.45, 7) is 4.09. The van der Waals surface area contributed by atoms with E-state index in [-0.39, 0.29) is 11.8 Å². The fourth-order valence-corrected chi connectivity index (χ4v) is 2.69. The zero-order valence-electron chi connectivity index (χ0n) is 11.7. The molecule has 0 fully saturated rings. The first-order valence-corrected chi connectivity index (χ1v) is 7.46. The molecule has 0 aromatic heterocycles. The number of benzene rings is 2. The molecule has 3 heteroatoms. The number of hydrogen-bond acceptors (Lipinski definition) is 1. The number of halogens is 1. The van der Waals surface area contributed by atoms with Crippen LogP contribution in [0.4, 0.5) is 5.69 Å². The Morgan fingerprint density at radius 1 is 1.20 bits per heavy atom. The molecule has 2 rings (SSSR count). The van der Waals surface area contributed by atoms with E-state index < -0.39 is 0 Å². The molecule has 0 saturated carbocycles. The minimum atomic E-state index is 0.0332. The van der Waals surface area contributed by atoms with E-state index in [0.29, 0.717) is 6.42 Å². The summed E-state index contributed by atoms with van der Waals surface area (Å²) in [6.07, 6.45) is 0.477. The lowest BCUT2D eigenvalue weighted by Gasteiger charge is -2.13. The van der Waals surface area contributed by atoms with Crippen molar-refractivity contribution in [2.45, 2.75) is 26.2 Å². The van der Waals surface area contributed by atoms with E-state index >= 15 is 0 Å². The van der Waals surface area contributed by atoms with Gasteiger partial charge < -0.3 is 5.32 Å². The van der Waals surface area contributed by atoms with Gasteiger partial charge in [-0.2, -0.15) is 0 Å². The quantitative estimate of drug-likeness (QED) is 0.849. The second-order valence-electron chi connectivity index (χ2n) is 5.05. The molecule has 2 aromatic carbocycles. The Labute approximate surface area is 128 Å². The van der Waals surface area contributed by atoms with Crippen molar-refractivity contribution < 1.29 is 4.79 Å². The maximum Gasteiger partial charge on any atom is 0.225 e. The van der Waals surface area contributed by atoms with Gasteiger partial charge in [0.05, 0.1) is 5.69 Å². The molecule has 1 amide bonds. The van der Waals surface area contributed by atoms with Gasteiger partial charge >= 0.3 is 0 Å². The lowest BCUT2D eigenvalue weighted by molar-refractivity contribution is -0.116. The molecule has 0 heterocycles. The second kappa shape index (κ2) is 6.71. The Balaban J connectivity index is 1.99. The predicted octanol–water partition coefficient (Wildman–Crippen LogP) is 4.89. The van der Waals surface area contributed by atoms with Crippen LogP contribution in [0.5, 0.6) is 0 Å². The number of carbonyl (C=O) groups is 1. The van der Waals surface area contributed by atoms with Gasteiger partial charge in [0.1, 0.15) is 0 Å². The summed E-state index contributed by atoms with van der Waals surface area (Å²) >= 11 is 3.47. The first kappa shape index (κ1) is 14.8. The van der Waals surface area contributed by atoms with Crippen LogP contribution in [-0.2, 0) is 4.79 Å². The Morgan fingerprint density at radius 2 is 1.90 bits per heavy atom. The normalized spacial score (nSPS) is 11.9. The van der Waals surface area contributed by atoms with Gasteiger partial charge in [-0.05, 0) is 52.0 Å². The zero-order chi connectivity index (χ0) is 14.5. The third-order valence-electron chi connectivity index (χ3n) is 3.26. The maximum absolute atomic E-state index is 12.1. The van der Waals surface area contributed by atoms with Gasteiger partial charge in [0.2, 0.25) is 5.91 Å². The maximum atomic E-state index is 12.1. The van der Waals surface area contributed by atoms with Crippen molar-refractivity contribution in [2.75, 3.05) is 5.32 Å². The summed E-state index contributed by atoms with van der Waals surface area (Å²) in [7, 11) is 0. The number of anilines is 1. The Hall–Kier alpha value is -1.61. The molecule has 0 aliphatic carbocycles. The Morgan fingerprint density at radius 3 is 2.55 bits per heavy atom. The van der Waals surface area contributed by atoms with Crippen molar-refractivity contribution in [1.29, 1.82) is 0 Å². The van der Waals surface area contributed by atoms with Gasteiger partial charge in [-0.3, -0.25) is 4.79 Å². The van der Waals surface area contributed by atoms with E-state index in [1.165, 1.54) is 5.56 Å². The molecule has 0 saturated heterocycles. The highest BCUT2D eigenvalue weighted by Gasteiger charge is 2.12. The lowest BCUT2D eigenvalue weighted by Crippen LogP contribution is -2.14. The molecule has 0 radical (unpaired) electrons. The van der Waals surface area contributed by atoms with Crippen molar-refractivity contribution in [3.8, 4) is 0 Å². The van der Waals surface area contributed by atoms with E-state index in [4.69, 9.17) is 0 Å². The fourth-order valence-electron chi connectivity index (χ4n) is 2.10. The van der Waals surface area contributed by atoms with E-state index in [9.17, 15) is 4.79 Å². The van der Waals surface area contributed by atoms with Crippen LogP contribution in [0.15, 0.2) is 53.0 Å². The molecule has 0 bridgehead atoms. The molecule has 2 nitrogen and oxygen atoms in total. The van der Waals surface area contributed by atoms with Crippen molar-refractivity contribution in [3.05, 3.63) is 64.1 Å². The summed E-state index contributed by atoms with van der Waals surface area (Å²) in [4.78, 5) is 12.1. The summed E-state index contributed by atoms with van der Waals surface area (Å²) in [5.74, 6) is 0.242. The molecule has 0 aliphatic heterocycles. The molecule has 104 valence electrons. The zero-order valence-corrected chi connectivity index (χ0v) is 13.3. The highest BCUT2D eigenvalue weighted by atomic mass is 79.9. The van der Waals surface area contributed by atoms with Crippen LogP contribution < -0.4 is 5.32 Å². The van der Waals surface area contributed by atoms with Crippen LogP contribution in [0.2, 0.25) is 0 Å². The van der Waals surface area contributed by atoms with Crippen LogP contribution in [-0.4, -0.2) is 5.91 Å². The third-order valence-corrected chi connectivity index (χ3v) is 3.91. The average molecular weight is 332 g/mol. The van der Waals surface area contributed by atoms with Crippen LogP contribution in [0.1, 0.15) is 30.4 Å². The first-order valence-electron chi connectivity index (χ1n) is 6.67. The molecule has 1 unspecified atom stereocenters. The molecule has 1 N–H and O–H groups in total. The predicted molar refractivity (Wildman–Crippen MR) is 87.0 cm³/mol. The number of rotatable bonds is 4. The van der Waals surface area contributed by atoms with E-state index in [1.807, 2.05) is 43.3 Å². The highest BCUT2D eigenvalue weighted by molar-refractivity contribution is 9.10. The van der Waals surface area contributed by atoms with Crippen LogP contribution in [0.3, 0.4) is 0 Å². The highest BCUT2D eigenvalue weighted by Crippen LogP contribution is 2.25. The summed E-state index contributed by atoms with van der Waals surface area (Å²) in [5, 5.41) is 2.95. The van der Waals surface area contributed by atoms with E-state index in [1.54, 1.807) is 0 Å². The van der Waals surface area contributed by atoms with E-state index in [0.717, 1.165) is 15.7 Å². The molecular weight excluding hydrogens is 314 g/mol.